The summed E-state index contributed by atoms with van der Waals surface area (Å²) in [6.45, 7) is 1.53. The molecule has 0 saturated carbocycles. The molecule has 1 aromatic carbocycles. The van der Waals surface area contributed by atoms with Crippen molar-refractivity contribution in [3.8, 4) is 17.2 Å². The Labute approximate surface area is 119 Å². The molecule has 0 fully saturated rings. The lowest BCUT2D eigenvalue weighted by Crippen LogP contribution is -2.13. The summed E-state index contributed by atoms with van der Waals surface area (Å²) in [5.74, 6) is -3.73. The van der Waals surface area contributed by atoms with Crippen LogP contribution in [0.25, 0.3) is 11.1 Å². The Kier molecular flexibility index (Phi) is 3.68. The topological polar surface area (TPSA) is 56.6 Å². The summed E-state index contributed by atoms with van der Waals surface area (Å²) in [5, 5.41) is 8.96. The van der Waals surface area contributed by atoms with Crippen molar-refractivity contribution in [1.29, 1.82) is 5.26 Å². The maximum Gasteiger partial charge on any atom is 0.266 e. The van der Waals surface area contributed by atoms with Crippen molar-refractivity contribution < 1.29 is 13.2 Å². The third-order valence-corrected chi connectivity index (χ3v) is 3.37. The Morgan fingerprint density at radius 2 is 1.85 bits per heavy atom. The third kappa shape index (κ3) is 2.23. The molecule has 0 amide bonds. The molecule has 1 heterocycles. The Hall–Kier alpha value is -2.07. The number of pyridine rings is 1. The summed E-state index contributed by atoms with van der Waals surface area (Å²) in [6.07, 6.45) is 0. The predicted molar refractivity (Wildman–Crippen MR) is 69.5 cm³/mol. The van der Waals surface area contributed by atoms with Crippen LogP contribution < -0.4 is 5.56 Å². The number of nitriles is 1. The largest absolute Gasteiger partial charge is 0.325 e. The second-order valence-corrected chi connectivity index (χ2v) is 4.82. The molecule has 1 N–H and O–H groups in total. The maximum atomic E-state index is 14.0. The molecule has 0 spiro atoms. The van der Waals surface area contributed by atoms with Gasteiger partial charge in [0.15, 0.2) is 11.6 Å². The van der Waals surface area contributed by atoms with Crippen molar-refractivity contribution in [3.05, 3.63) is 55.7 Å². The SMILES string of the molecule is Cc1cc(-c2cc(F)c(F)c(Br)c2F)c(C#N)c(=O)[nH]1. The number of benzene rings is 1. The maximum absolute atomic E-state index is 14.0. The van der Waals surface area contributed by atoms with Crippen molar-refractivity contribution in [1.82, 2.24) is 4.98 Å². The van der Waals surface area contributed by atoms with E-state index in [9.17, 15) is 18.0 Å². The Morgan fingerprint density at radius 1 is 1.20 bits per heavy atom. The van der Waals surface area contributed by atoms with Gasteiger partial charge >= 0.3 is 0 Å². The fourth-order valence-electron chi connectivity index (χ4n) is 1.78. The van der Waals surface area contributed by atoms with E-state index < -0.39 is 27.5 Å². The molecule has 0 atom stereocenters. The number of hydrogen-bond acceptors (Lipinski definition) is 2. The number of nitrogens with one attached hydrogen (secondary N) is 1. The highest BCUT2D eigenvalue weighted by Crippen LogP contribution is 2.32. The molecule has 0 bridgehead atoms. The monoisotopic (exact) mass is 342 g/mol. The average Bonchev–Trinajstić information content (AvgIpc) is 2.39. The van der Waals surface area contributed by atoms with Gasteiger partial charge in [-0.05, 0) is 35.0 Å². The minimum atomic E-state index is -1.37. The second kappa shape index (κ2) is 5.13. The minimum absolute atomic E-state index is 0.0918. The zero-order valence-electron chi connectivity index (χ0n) is 10.0. The van der Waals surface area contributed by atoms with E-state index in [0.717, 1.165) is 0 Å². The highest BCUT2D eigenvalue weighted by Gasteiger charge is 2.21. The smallest absolute Gasteiger partial charge is 0.266 e. The second-order valence-electron chi connectivity index (χ2n) is 4.03. The van der Waals surface area contributed by atoms with E-state index in [4.69, 9.17) is 5.26 Å². The number of aromatic amines is 1. The van der Waals surface area contributed by atoms with Crippen LogP contribution >= 0.6 is 15.9 Å². The first-order chi connectivity index (χ1) is 9.36. The quantitative estimate of drug-likeness (QED) is 0.637. The van der Waals surface area contributed by atoms with Gasteiger partial charge in [0.05, 0.1) is 4.47 Å². The molecule has 102 valence electrons. The van der Waals surface area contributed by atoms with E-state index >= 15 is 0 Å². The van der Waals surface area contributed by atoms with Gasteiger partial charge in [-0.15, -0.1) is 0 Å². The normalized spacial score (nSPS) is 10.4. The number of hydrogen-bond donors (Lipinski definition) is 1. The van der Waals surface area contributed by atoms with Crippen LogP contribution in [0.1, 0.15) is 11.3 Å². The van der Waals surface area contributed by atoms with Crippen LogP contribution in [0.3, 0.4) is 0 Å². The highest BCUT2D eigenvalue weighted by atomic mass is 79.9. The van der Waals surface area contributed by atoms with E-state index in [1.807, 2.05) is 0 Å². The molecule has 3 nitrogen and oxygen atoms in total. The zero-order chi connectivity index (χ0) is 15.0. The summed E-state index contributed by atoms with van der Waals surface area (Å²) in [6, 6.07) is 3.57. The fourth-order valence-corrected chi connectivity index (χ4v) is 2.18. The first kappa shape index (κ1) is 14.3. The van der Waals surface area contributed by atoms with E-state index in [1.165, 1.54) is 13.0 Å². The van der Waals surface area contributed by atoms with Crippen molar-refractivity contribution in [3.63, 3.8) is 0 Å². The molecule has 0 aliphatic heterocycles. The predicted octanol–water partition coefficient (Wildman–Crippen LogP) is 3.40. The van der Waals surface area contributed by atoms with Crippen LogP contribution in [0.2, 0.25) is 0 Å². The average molecular weight is 343 g/mol. The summed E-state index contributed by atoms with van der Waals surface area (Å²) in [7, 11) is 0. The van der Waals surface area contributed by atoms with E-state index in [2.05, 4.69) is 20.9 Å². The zero-order valence-corrected chi connectivity index (χ0v) is 11.6. The lowest BCUT2D eigenvalue weighted by molar-refractivity contribution is 0.489. The molecule has 0 radical (unpaired) electrons. The van der Waals surface area contributed by atoms with Gasteiger partial charge in [0.1, 0.15) is 17.4 Å². The van der Waals surface area contributed by atoms with Crippen LogP contribution in [0, 0.1) is 35.7 Å². The van der Waals surface area contributed by atoms with Gasteiger partial charge in [-0.1, -0.05) is 0 Å². The lowest BCUT2D eigenvalue weighted by Gasteiger charge is -2.09. The van der Waals surface area contributed by atoms with E-state index in [1.54, 1.807) is 6.07 Å². The fraction of sp³-hybridized carbons (Fsp3) is 0.0769. The van der Waals surface area contributed by atoms with Gasteiger partial charge in [-0.25, -0.2) is 13.2 Å². The van der Waals surface area contributed by atoms with Gasteiger partial charge in [0.2, 0.25) is 0 Å². The van der Waals surface area contributed by atoms with E-state index in [-0.39, 0.29) is 16.7 Å². The van der Waals surface area contributed by atoms with Gasteiger partial charge in [0, 0.05) is 16.8 Å². The Morgan fingerprint density at radius 3 is 2.45 bits per heavy atom. The molecule has 0 aliphatic carbocycles. The number of halogens is 4. The van der Waals surface area contributed by atoms with Crippen LogP contribution in [0.4, 0.5) is 13.2 Å². The number of rotatable bonds is 1. The van der Waals surface area contributed by atoms with Gasteiger partial charge in [0.25, 0.3) is 5.56 Å². The Balaban J connectivity index is 2.90. The first-order valence-electron chi connectivity index (χ1n) is 5.34. The molecule has 7 heteroatoms. The minimum Gasteiger partial charge on any atom is -0.325 e. The van der Waals surface area contributed by atoms with Gasteiger partial charge in [-0.3, -0.25) is 4.79 Å². The van der Waals surface area contributed by atoms with Crippen LogP contribution in [-0.2, 0) is 0 Å². The Bertz CT molecular complexity index is 809. The summed E-state index contributed by atoms with van der Waals surface area (Å²) in [4.78, 5) is 14.0. The first-order valence-corrected chi connectivity index (χ1v) is 6.13. The molecule has 2 aromatic rings. The van der Waals surface area contributed by atoms with Crippen molar-refractivity contribution >= 4 is 15.9 Å². The molecule has 20 heavy (non-hydrogen) atoms. The lowest BCUT2D eigenvalue weighted by atomic mass is 10.0. The van der Waals surface area contributed by atoms with Gasteiger partial charge in [-0.2, -0.15) is 5.26 Å². The standard InChI is InChI=1S/C13H6BrF3N2O/c1-5-2-6(8(4-18)13(20)19-5)7-3-9(15)12(17)10(14)11(7)16/h2-3H,1H3,(H,19,20). The third-order valence-electron chi connectivity index (χ3n) is 2.67. The van der Waals surface area contributed by atoms with Crippen molar-refractivity contribution in [2.75, 3.05) is 0 Å². The van der Waals surface area contributed by atoms with Crippen LogP contribution in [0.15, 0.2) is 21.4 Å². The number of H-pyrrole nitrogens is 1. The molecule has 0 unspecified atom stereocenters. The molecular weight excluding hydrogens is 337 g/mol. The molecule has 0 aliphatic rings. The van der Waals surface area contributed by atoms with Crippen molar-refractivity contribution in [2.45, 2.75) is 6.92 Å². The molecule has 1 aromatic heterocycles. The van der Waals surface area contributed by atoms with Crippen LogP contribution in [-0.4, -0.2) is 4.98 Å². The number of nitrogens with zero attached hydrogens (tertiary/aromatic N) is 1. The van der Waals surface area contributed by atoms with E-state index in [0.29, 0.717) is 11.8 Å². The molecular formula is C13H6BrF3N2O. The van der Waals surface area contributed by atoms with Gasteiger partial charge < -0.3 is 4.98 Å². The summed E-state index contributed by atoms with van der Waals surface area (Å²) < 4.78 is 40.0. The summed E-state index contributed by atoms with van der Waals surface area (Å²) in [5.41, 5.74) is -1.17. The molecule has 0 saturated heterocycles. The highest BCUT2D eigenvalue weighted by molar-refractivity contribution is 9.10. The number of aromatic nitrogens is 1. The van der Waals surface area contributed by atoms with Crippen molar-refractivity contribution in [2.24, 2.45) is 0 Å². The molecule has 2 rings (SSSR count). The number of aryl methyl sites for hydroxylation is 1. The summed E-state index contributed by atoms with van der Waals surface area (Å²) >= 11 is 2.60. The van der Waals surface area contributed by atoms with Crippen LogP contribution in [0.5, 0.6) is 0 Å².